The Balaban J connectivity index is 1.86. The predicted octanol–water partition coefficient (Wildman–Crippen LogP) is 2.13. The minimum atomic E-state index is -0.829. The second kappa shape index (κ2) is 6.03. The number of hydrogen-bond donors (Lipinski definition) is 3. The Kier molecular flexibility index (Phi) is 4.35. The van der Waals surface area contributed by atoms with E-state index in [4.69, 9.17) is 0 Å². The first kappa shape index (κ1) is 15.2. The van der Waals surface area contributed by atoms with Crippen LogP contribution in [-0.2, 0) is 4.79 Å². The second-order valence-corrected chi connectivity index (χ2v) is 5.69. The van der Waals surface area contributed by atoms with E-state index >= 15 is 0 Å². The topological polar surface area (TPSA) is 81.7 Å². The van der Waals surface area contributed by atoms with Gasteiger partial charge in [-0.05, 0) is 37.1 Å². The molecule has 0 saturated heterocycles. The molecular formula is C15H21N3O3. The monoisotopic (exact) mass is 291 g/mol. The fraction of sp³-hybridized carbons (Fsp3) is 0.467. The molecule has 0 aromatic heterocycles. The van der Waals surface area contributed by atoms with Crippen LogP contribution in [0.1, 0.15) is 19.3 Å². The van der Waals surface area contributed by atoms with Gasteiger partial charge in [0.25, 0.3) is 0 Å². The van der Waals surface area contributed by atoms with Gasteiger partial charge < -0.3 is 20.6 Å². The number of rotatable bonds is 5. The van der Waals surface area contributed by atoms with Gasteiger partial charge in [-0.25, -0.2) is 4.79 Å². The van der Waals surface area contributed by atoms with Gasteiger partial charge in [0.1, 0.15) is 0 Å². The second-order valence-electron chi connectivity index (χ2n) is 5.69. The number of carbonyl (C=O) groups is 2. The Morgan fingerprint density at radius 3 is 2.29 bits per heavy atom. The Bertz CT molecular complexity index is 521. The summed E-state index contributed by atoms with van der Waals surface area (Å²) in [6.45, 7) is 0.171. The summed E-state index contributed by atoms with van der Waals surface area (Å²) < 4.78 is 0. The van der Waals surface area contributed by atoms with Crippen LogP contribution in [0.15, 0.2) is 24.3 Å². The normalized spacial score (nSPS) is 15.7. The van der Waals surface area contributed by atoms with E-state index in [1.807, 2.05) is 43.3 Å². The molecule has 0 bridgehead atoms. The van der Waals surface area contributed by atoms with Gasteiger partial charge in [0.2, 0.25) is 0 Å². The van der Waals surface area contributed by atoms with Gasteiger partial charge in [-0.2, -0.15) is 0 Å². The van der Waals surface area contributed by atoms with Gasteiger partial charge >= 0.3 is 12.0 Å². The number of benzene rings is 1. The number of aliphatic carboxylic acids is 1. The third-order valence-corrected chi connectivity index (χ3v) is 3.99. The minimum Gasteiger partial charge on any atom is -0.481 e. The molecule has 1 aromatic rings. The largest absolute Gasteiger partial charge is 0.481 e. The van der Waals surface area contributed by atoms with Crippen LogP contribution in [0.25, 0.3) is 0 Å². The molecule has 6 nitrogen and oxygen atoms in total. The summed E-state index contributed by atoms with van der Waals surface area (Å²) >= 11 is 0. The zero-order valence-corrected chi connectivity index (χ0v) is 12.3. The number of carbonyl (C=O) groups excluding carboxylic acids is 1. The molecule has 0 atom stereocenters. The number of hydrogen-bond acceptors (Lipinski definition) is 3. The van der Waals surface area contributed by atoms with Crippen molar-refractivity contribution in [3.05, 3.63) is 24.3 Å². The van der Waals surface area contributed by atoms with Gasteiger partial charge in [0, 0.05) is 32.0 Å². The van der Waals surface area contributed by atoms with E-state index in [0.717, 1.165) is 12.1 Å². The maximum Gasteiger partial charge on any atom is 0.319 e. The van der Waals surface area contributed by atoms with E-state index in [0.29, 0.717) is 18.5 Å². The van der Waals surface area contributed by atoms with Crippen molar-refractivity contribution in [3.63, 3.8) is 0 Å². The number of carboxylic acids is 1. The zero-order chi connectivity index (χ0) is 15.5. The summed E-state index contributed by atoms with van der Waals surface area (Å²) in [5.74, 6) is -0.829. The molecule has 1 aromatic carbocycles. The van der Waals surface area contributed by atoms with Crippen molar-refractivity contribution in [2.75, 3.05) is 30.9 Å². The summed E-state index contributed by atoms with van der Waals surface area (Å²) in [7, 11) is 3.89. The molecule has 1 aliphatic rings. The highest BCUT2D eigenvalue weighted by molar-refractivity contribution is 5.90. The molecule has 0 aliphatic heterocycles. The van der Waals surface area contributed by atoms with E-state index < -0.39 is 11.4 Å². The molecule has 2 amide bonds. The number of amides is 2. The average molecular weight is 291 g/mol. The summed E-state index contributed by atoms with van der Waals surface area (Å²) in [6.07, 6.45) is 2.15. The fourth-order valence-corrected chi connectivity index (χ4v) is 2.34. The molecule has 0 spiro atoms. The Hall–Kier alpha value is -2.24. The van der Waals surface area contributed by atoms with Gasteiger partial charge in [-0.3, -0.25) is 4.79 Å². The summed E-state index contributed by atoms with van der Waals surface area (Å²) in [6, 6.07) is 7.05. The third kappa shape index (κ3) is 3.45. The van der Waals surface area contributed by atoms with Crippen molar-refractivity contribution in [1.82, 2.24) is 5.32 Å². The Labute approximate surface area is 124 Å². The molecule has 6 heteroatoms. The summed E-state index contributed by atoms with van der Waals surface area (Å²) in [5, 5.41) is 14.6. The molecule has 114 valence electrons. The van der Waals surface area contributed by atoms with E-state index in [2.05, 4.69) is 10.6 Å². The van der Waals surface area contributed by atoms with Crippen LogP contribution in [-0.4, -0.2) is 37.7 Å². The molecule has 2 rings (SSSR count). The van der Waals surface area contributed by atoms with E-state index in [1.54, 1.807) is 0 Å². The highest BCUT2D eigenvalue weighted by atomic mass is 16.4. The molecule has 1 aliphatic carbocycles. The first-order chi connectivity index (χ1) is 9.93. The lowest BCUT2D eigenvalue weighted by molar-refractivity contribution is -0.153. The fourth-order valence-electron chi connectivity index (χ4n) is 2.34. The maximum absolute atomic E-state index is 11.8. The van der Waals surface area contributed by atoms with Crippen molar-refractivity contribution >= 4 is 23.4 Å². The van der Waals surface area contributed by atoms with E-state index in [9.17, 15) is 14.7 Å². The van der Waals surface area contributed by atoms with Crippen molar-refractivity contribution in [2.45, 2.75) is 19.3 Å². The van der Waals surface area contributed by atoms with Crippen LogP contribution in [0.4, 0.5) is 16.2 Å². The number of urea groups is 1. The Morgan fingerprint density at radius 2 is 1.86 bits per heavy atom. The standard InChI is InChI=1S/C15H21N3O3/c1-18(2)12-6-4-11(5-7-12)17-14(21)16-10-15(13(19)20)8-3-9-15/h4-7H,3,8-10H2,1-2H3,(H,19,20)(H2,16,17,21). The lowest BCUT2D eigenvalue weighted by Gasteiger charge is -2.37. The molecule has 3 N–H and O–H groups in total. The first-order valence-electron chi connectivity index (χ1n) is 6.99. The third-order valence-electron chi connectivity index (χ3n) is 3.99. The SMILES string of the molecule is CN(C)c1ccc(NC(=O)NCC2(C(=O)O)CCC2)cc1. The lowest BCUT2D eigenvalue weighted by Crippen LogP contribution is -2.48. The van der Waals surface area contributed by atoms with Crippen molar-refractivity contribution in [2.24, 2.45) is 5.41 Å². The molecule has 0 radical (unpaired) electrons. The molecule has 0 heterocycles. The lowest BCUT2D eigenvalue weighted by atomic mass is 9.69. The van der Waals surface area contributed by atoms with Crippen LogP contribution < -0.4 is 15.5 Å². The van der Waals surface area contributed by atoms with Gasteiger partial charge in [0.15, 0.2) is 0 Å². The Morgan fingerprint density at radius 1 is 1.24 bits per heavy atom. The van der Waals surface area contributed by atoms with Crippen LogP contribution in [0.5, 0.6) is 0 Å². The summed E-state index contributed by atoms with van der Waals surface area (Å²) in [5.41, 5.74) is 0.947. The summed E-state index contributed by atoms with van der Waals surface area (Å²) in [4.78, 5) is 25.0. The number of nitrogens with zero attached hydrogens (tertiary/aromatic N) is 1. The number of anilines is 2. The molecule has 1 fully saturated rings. The molecule has 21 heavy (non-hydrogen) atoms. The van der Waals surface area contributed by atoms with Gasteiger partial charge in [0.05, 0.1) is 5.41 Å². The van der Waals surface area contributed by atoms with Crippen molar-refractivity contribution in [3.8, 4) is 0 Å². The van der Waals surface area contributed by atoms with Crippen LogP contribution in [0, 0.1) is 5.41 Å². The molecule has 0 unspecified atom stereocenters. The molecule has 1 saturated carbocycles. The van der Waals surface area contributed by atoms with Gasteiger partial charge in [-0.15, -0.1) is 0 Å². The first-order valence-corrected chi connectivity index (χ1v) is 6.99. The van der Waals surface area contributed by atoms with Gasteiger partial charge in [-0.1, -0.05) is 6.42 Å². The highest BCUT2D eigenvalue weighted by Gasteiger charge is 2.44. The minimum absolute atomic E-state index is 0.171. The van der Waals surface area contributed by atoms with Crippen LogP contribution >= 0.6 is 0 Å². The quantitative estimate of drug-likeness (QED) is 0.776. The zero-order valence-electron chi connectivity index (χ0n) is 12.3. The molecular weight excluding hydrogens is 270 g/mol. The smallest absolute Gasteiger partial charge is 0.319 e. The van der Waals surface area contributed by atoms with Crippen molar-refractivity contribution < 1.29 is 14.7 Å². The van der Waals surface area contributed by atoms with Crippen molar-refractivity contribution in [1.29, 1.82) is 0 Å². The highest BCUT2D eigenvalue weighted by Crippen LogP contribution is 2.40. The number of nitrogens with one attached hydrogen (secondary N) is 2. The average Bonchev–Trinajstić information content (AvgIpc) is 2.37. The van der Waals surface area contributed by atoms with E-state index in [1.165, 1.54) is 0 Å². The van der Waals surface area contributed by atoms with Crippen LogP contribution in [0.3, 0.4) is 0 Å². The number of carboxylic acid groups (broad SMARTS) is 1. The van der Waals surface area contributed by atoms with Crippen LogP contribution in [0.2, 0.25) is 0 Å². The maximum atomic E-state index is 11.8. The predicted molar refractivity (Wildman–Crippen MR) is 81.7 cm³/mol. The van der Waals surface area contributed by atoms with E-state index in [-0.39, 0.29) is 12.6 Å².